The van der Waals surface area contributed by atoms with E-state index in [0.717, 1.165) is 23.2 Å². The Morgan fingerprint density at radius 2 is 2.00 bits per heavy atom. The summed E-state index contributed by atoms with van der Waals surface area (Å²) in [6, 6.07) is 11.1. The molecule has 156 valence electrons. The quantitative estimate of drug-likeness (QED) is 0.432. The van der Waals surface area contributed by atoms with Crippen molar-refractivity contribution in [2.45, 2.75) is 45.6 Å². The Bertz CT molecular complexity index is 1080. The first-order chi connectivity index (χ1) is 14.0. The Morgan fingerprint density at radius 3 is 2.67 bits per heavy atom. The van der Waals surface area contributed by atoms with Crippen LogP contribution < -0.4 is 10.2 Å². The zero-order valence-corrected chi connectivity index (χ0v) is 19.3. The summed E-state index contributed by atoms with van der Waals surface area (Å²) in [6.07, 6.45) is 2.55. The lowest BCUT2D eigenvalue weighted by Gasteiger charge is -2.45. The van der Waals surface area contributed by atoms with E-state index in [9.17, 15) is 10.1 Å². The molecule has 0 radical (unpaired) electrons. The summed E-state index contributed by atoms with van der Waals surface area (Å²) in [5.41, 5.74) is 4.34. The number of aryl methyl sites for hydroxylation is 1. The van der Waals surface area contributed by atoms with Gasteiger partial charge in [0.1, 0.15) is 11.6 Å². The first-order valence-corrected chi connectivity index (χ1v) is 10.6. The average Bonchev–Trinajstić information content (AvgIpc) is 2.67. The number of hydrogen-bond donors (Lipinski definition) is 1. The molecule has 1 unspecified atom stereocenters. The number of carbonyl (C=O) groups excluding carboxylic acids is 1. The molecule has 6 heteroatoms. The highest BCUT2D eigenvalue weighted by molar-refractivity contribution is 6.32. The van der Waals surface area contributed by atoms with Gasteiger partial charge in [-0.1, -0.05) is 36.2 Å². The van der Waals surface area contributed by atoms with Crippen molar-refractivity contribution < 1.29 is 4.79 Å². The summed E-state index contributed by atoms with van der Waals surface area (Å²) in [6.45, 7) is 8.48. The van der Waals surface area contributed by atoms with Crippen LogP contribution in [0.2, 0.25) is 10.0 Å². The molecule has 3 rings (SSSR count). The lowest BCUT2D eigenvalue weighted by molar-refractivity contribution is -0.112. The summed E-state index contributed by atoms with van der Waals surface area (Å²) in [5, 5.41) is 13.4. The van der Waals surface area contributed by atoms with E-state index in [4.69, 9.17) is 23.2 Å². The van der Waals surface area contributed by atoms with Crippen LogP contribution in [0.3, 0.4) is 0 Å². The van der Waals surface area contributed by atoms with Crippen molar-refractivity contribution in [3.8, 4) is 6.07 Å². The normalized spacial score (nSPS) is 17.9. The third-order valence-electron chi connectivity index (χ3n) is 5.86. The molecule has 0 saturated carbocycles. The van der Waals surface area contributed by atoms with Crippen LogP contribution in [0.1, 0.15) is 49.8 Å². The molecule has 1 amide bonds. The summed E-state index contributed by atoms with van der Waals surface area (Å²) >= 11 is 12.6. The van der Waals surface area contributed by atoms with E-state index in [1.54, 1.807) is 18.2 Å². The Balaban J connectivity index is 1.97. The first kappa shape index (κ1) is 22.2. The highest BCUT2D eigenvalue weighted by Crippen LogP contribution is 2.44. The molecule has 0 saturated heterocycles. The number of hydrogen-bond acceptors (Lipinski definition) is 3. The van der Waals surface area contributed by atoms with Gasteiger partial charge in [0.25, 0.3) is 5.91 Å². The highest BCUT2D eigenvalue weighted by Gasteiger charge is 2.34. The minimum absolute atomic E-state index is 0.0200. The van der Waals surface area contributed by atoms with E-state index in [0.29, 0.717) is 27.2 Å². The fourth-order valence-electron chi connectivity index (χ4n) is 3.94. The van der Waals surface area contributed by atoms with Gasteiger partial charge in [-0.3, -0.25) is 4.79 Å². The molecule has 0 aromatic heterocycles. The van der Waals surface area contributed by atoms with Crippen molar-refractivity contribution in [1.29, 1.82) is 5.26 Å². The number of nitriles is 1. The van der Waals surface area contributed by atoms with Gasteiger partial charge < -0.3 is 10.2 Å². The van der Waals surface area contributed by atoms with E-state index in [1.165, 1.54) is 0 Å². The van der Waals surface area contributed by atoms with E-state index in [-0.39, 0.29) is 11.1 Å². The fourth-order valence-corrected chi connectivity index (χ4v) is 4.32. The van der Waals surface area contributed by atoms with Crippen molar-refractivity contribution in [1.82, 2.24) is 0 Å². The first-order valence-electron chi connectivity index (χ1n) is 9.80. The number of fused-ring (bicyclic) bond motifs is 1. The van der Waals surface area contributed by atoms with Crippen molar-refractivity contribution >= 4 is 46.6 Å². The van der Waals surface area contributed by atoms with Crippen molar-refractivity contribution in [3.05, 3.63) is 62.6 Å². The molecule has 1 heterocycles. The third kappa shape index (κ3) is 4.33. The van der Waals surface area contributed by atoms with E-state index in [1.807, 2.05) is 31.2 Å². The summed E-state index contributed by atoms with van der Waals surface area (Å²) in [4.78, 5) is 15.0. The van der Waals surface area contributed by atoms with Crippen molar-refractivity contribution in [2.75, 3.05) is 17.3 Å². The highest BCUT2D eigenvalue weighted by atomic mass is 35.5. The fraction of sp³-hybridized carbons (Fsp3) is 0.333. The van der Waals surface area contributed by atoms with Gasteiger partial charge in [0.15, 0.2) is 0 Å². The predicted octanol–water partition coefficient (Wildman–Crippen LogP) is 6.57. The summed E-state index contributed by atoms with van der Waals surface area (Å²) < 4.78 is 0. The monoisotopic (exact) mass is 441 g/mol. The van der Waals surface area contributed by atoms with Crippen LogP contribution in [0.25, 0.3) is 6.08 Å². The largest absolute Gasteiger partial charge is 0.369 e. The molecule has 0 spiro atoms. The van der Waals surface area contributed by atoms with Crippen LogP contribution in [-0.2, 0) is 4.79 Å². The lowest BCUT2D eigenvalue weighted by atomic mass is 9.80. The van der Waals surface area contributed by atoms with Gasteiger partial charge >= 0.3 is 0 Å². The zero-order chi connectivity index (χ0) is 22.2. The third-order valence-corrected chi connectivity index (χ3v) is 6.43. The second-order valence-electron chi connectivity index (χ2n) is 8.49. The molecule has 1 N–H and O–H groups in total. The molecule has 2 aromatic carbocycles. The molecular weight excluding hydrogens is 417 g/mol. The Labute approximate surface area is 188 Å². The number of rotatable bonds is 3. The number of amides is 1. The van der Waals surface area contributed by atoms with Crippen LogP contribution in [0.5, 0.6) is 0 Å². The molecule has 0 fully saturated rings. The van der Waals surface area contributed by atoms with Gasteiger partial charge in [0.05, 0.1) is 0 Å². The maximum atomic E-state index is 12.7. The Morgan fingerprint density at radius 1 is 1.30 bits per heavy atom. The number of carbonyl (C=O) groups is 1. The predicted molar refractivity (Wildman–Crippen MR) is 125 cm³/mol. The van der Waals surface area contributed by atoms with E-state index >= 15 is 0 Å². The smallest absolute Gasteiger partial charge is 0.266 e. The standard InChI is InChI=1S/C24H25Cl2N3O/c1-14-6-7-18(25)10-21(14)28-23(30)17(13-27)8-16-9-19-15(2)12-24(3,4)29(5)22(19)11-20(16)26/h6-11,15H,12H2,1-5H3,(H,28,30)/b17-8-. The van der Waals surface area contributed by atoms with Crippen LogP contribution in [0, 0.1) is 18.3 Å². The number of benzene rings is 2. The van der Waals surface area contributed by atoms with Gasteiger partial charge in [-0.2, -0.15) is 5.26 Å². The molecule has 1 aliphatic heterocycles. The molecule has 30 heavy (non-hydrogen) atoms. The Hall–Kier alpha value is -2.48. The van der Waals surface area contributed by atoms with E-state index < -0.39 is 5.91 Å². The van der Waals surface area contributed by atoms with Gasteiger partial charge in [0.2, 0.25) is 0 Å². The van der Waals surface area contributed by atoms with Gasteiger partial charge in [-0.25, -0.2) is 0 Å². The van der Waals surface area contributed by atoms with Crippen LogP contribution in [-0.4, -0.2) is 18.5 Å². The van der Waals surface area contributed by atoms with Gasteiger partial charge in [0, 0.05) is 34.0 Å². The maximum Gasteiger partial charge on any atom is 0.266 e. The van der Waals surface area contributed by atoms with Crippen molar-refractivity contribution in [2.24, 2.45) is 0 Å². The molecule has 4 nitrogen and oxygen atoms in total. The number of nitrogens with one attached hydrogen (secondary N) is 1. The molecule has 2 aromatic rings. The topological polar surface area (TPSA) is 56.1 Å². The molecule has 0 aliphatic carbocycles. The molecule has 0 bridgehead atoms. The maximum absolute atomic E-state index is 12.7. The summed E-state index contributed by atoms with van der Waals surface area (Å²) in [7, 11) is 2.07. The molecule has 1 atom stereocenters. The van der Waals surface area contributed by atoms with Crippen LogP contribution in [0.4, 0.5) is 11.4 Å². The van der Waals surface area contributed by atoms with Crippen LogP contribution >= 0.6 is 23.2 Å². The Kier molecular flexibility index (Phi) is 6.17. The molecular formula is C24H25Cl2N3O. The number of nitrogens with zero attached hydrogens (tertiary/aromatic N) is 2. The summed E-state index contributed by atoms with van der Waals surface area (Å²) in [5.74, 6) is -0.160. The van der Waals surface area contributed by atoms with E-state index in [2.05, 4.69) is 38.0 Å². The van der Waals surface area contributed by atoms with Crippen LogP contribution in [0.15, 0.2) is 35.9 Å². The lowest BCUT2D eigenvalue weighted by Crippen LogP contribution is -2.45. The second-order valence-corrected chi connectivity index (χ2v) is 9.34. The minimum atomic E-state index is -0.497. The SMILES string of the molecule is Cc1ccc(Cl)cc1NC(=O)/C(C#N)=C\c1cc2c(cc1Cl)N(C)C(C)(C)CC2C. The molecule has 1 aliphatic rings. The minimum Gasteiger partial charge on any atom is -0.369 e. The average molecular weight is 442 g/mol. The zero-order valence-electron chi connectivity index (χ0n) is 17.8. The number of halogens is 2. The van der Waals surface area contributed by atoms with Gasteiger partial charge in [-0.15, -0.1) is 0 Å². The van der Waals surface area contributed by atoms with Crippen molar-refractivity contribution in [3.63, 3.8) is 0 Å². The van der Waals surface area contributed by atoms with Gasteiger partial charge in [-0.05, 0) is 80.1 Å². The number of anilines is 2. The second kappa shape index (κ2) is 8.34.